The zero-order chi connectivity index (χ0) is 9.84. The lowest BCUT2D eigenvalue weighted by atomic mass is 10.1. The molecule has 0 heterocycles. The second kappa shape index (κ2) is 4.80. The first-order valence-electron chi connectivity index (χ1n) is 3.93. The van der Waals surface area contributed by atoms with Crippen molar-refractivity contribution in [1.82, 2.24) is 5.32 Å². The Kier molecular flexibility index (Phi) is 3.97. The van der Waals surface area contributed by atoms with Gasteiger partial charge in [0.25, 0.3) is 0 Å². The van der Waals surface area contributed by atoms with Gasteiger partial charge in [-0.2, -0.15) is 0 Å². The van der Waals surface area contributed by atoms with Gasteiger partial charge in [-0.15, -0.1) is 0 Å². The molecule has 4 heteroatoms. The van der Waals surface area contributed by atoms with Gasteiger partial charge in [-0.1, -0.05) is 23.2 Å². The Bertz CT molecular complexity index is 302. The lowest BCUT2D eigenvalue weighted by Gasteiger charge is -2.04. The molecule has 1 rings (SSSR count). The van der Waals surface area contributed by atoms with E-state index in [1.807, 2.05) is 7.05 Å². The van der Waals surface area contributed by atoms with E-state index in [0.717, 1.165) is 18.5 Å². The molecule has 0 aliphatic heterocycles. The van der Waals surface area contributed by atoms with E-state index in [0.29, 0.717) is 5.02 Å². The Hall–Kier alpha value is -0.310. The lowest BCUT2D eigenvalue weighted by Crippen LogP contribution is -2.10. The summed E-state index contributed by atoms with van der Waals surface area (Å²) in [5, 5.41) is 3.53. The van der Waals surface area contributed by atoms with E-state index in [2.05, 4.69) is 5.32 Å². The average molecular weight is 222 g/mol. The molecule has 72 valence electrons. The lowest BCUT2D eigenvalue weighted by molar-refractivity contribution is 0.627. The van der Waals surface area contributed by atoms with Crippen molar-refractivity contribution in [2.75, 3.05) is 13.6 Å². The third kappa shape index (κ3) is 2.83. The van der Waals surface area contributed by atoms with Crippen molar-refractivity contribution < 1.29 is 4.39 Å². The van der Waals surface area contributed by atoms with Gasteiger partial charge < -0.3 is 5.32 Å². The van der Waals surface area contributed by atoms with Crippen LogP contribution in [0.1, 0.15) is 5.56 Å². The minimum Gasteiger partial charge on any atom is -0.319 e. The molecule has 1 aromatic rings. The molecule has 0 fully saturated rings. The SMILES string of the molecule is CNCCc1cc(Cl)c(F)cc1Cl. The molecule has 0 aromatic heterocycles. The predicted octanol–water partition coefficient (Wildman–Crippen LogP) is 2.89. The van der Waals surface area contributed by atoms with E-state index >= 15 is 0 Å². The van der Waals surface area contributed by atoms with Crippen molar-refractivity contribution >= 4 is 23.2 Å². The van der Waals surface area contributed by atoms with Crippen LogP contribution < -0.4 is 5.32 Å². The Labute approximate surface area is 86.8 Å². The molecule has 0 amide bonds. The number of hydrogen-bond donors (Lipinski definition) is 1. The highest BCUT2D eigenvalue weighted by Crippen LogP contribution is 2.24. The van der Waals surface area contributed by atoms with Crippen LogP contribution in [0.2, 0.25) is 10.0 Å². The summed E-state index contributed by atoms with van der Waals surface area (Å²) < 4.78 is 12.8. The molecular formula is C9H10Cl2FN. The van der Waals surface area contributed by atoms with Gasteiger partial charge in [0.2, 0.25) is 0 Å². The summed E-state index contributed by atoms with van der Waals surface area (Å²) in [7, 11) is 1.85. The fourth-order valence-electron chi connectivity index (χ4n) is 1.02. The molecule has 0 spiro atoms. The van der Waals surface area contributed by atoms with Gasteiger partial charge in [0, 0.05) is 5.02 Å². The molecule has 0 atom stereocenters. The van der Waals surface area contributed by atoms with Crippen LogP contribution in [0, 0.1) is 5.82 Å². The van der Waals surface area contributed by atoms with E-state index in [9.17, 15) is 4.39 Å². The van der Waals surface area contributed by atoms with Gasteiger partial charge >= 0.3 is 0 Å². The first-order chi connectivity index (χ1) is 6.15. The van der Waals surface area contributed by atoms with Crippen LogP contribution >= 0.6 is 23.2 Å². The molecule has 0 radical (unpaired) electrons. The second-order valence-corrected chi connectivity index (χ2v) is 3.53. The first-order valence-corrected chi connectivity index (χ1v) is 4.68. The van der Waals surface area contributed by atoms with Crippen molar-refractivity contribution in [3.05, 3.63) is 33.6 Å². The Balaban J connectivity index is 2.88. The van der Waals surface area contributed by atoms with E-state index in [1.54, 1.807) is 6.07 Å². The molecule has 0 saturated carbocycles. The predicted molar refractivity (Wildman–Crippen MR) is 54.1 cm³/mol. The number of hydrogen-bond acceptors (Lipinski definition) is 1. The fraction of sp³-hybridized carbons (Fsp3) is 0.333. The Morgan fingerprint density at radius 3 is 2.62 bits per heavy atom. The molecule has 0 bridgehead atoms. The Morgan fingerprint density at radius 2 is 2.00 bits per heavy atom. The minimum absolute atomic E-state index is 0.121. The smallest absolute Gasteiger partial charge is 0.143 e. The van der Waals surface area contributed by atoms with Crippen LogP contribution in [-0.4, -0.2) is 13.6 Å². The van der Waals surface area contributed by atoms with E-state index < -0.39 is 5.82 Å². The normalized spacial score (nSPS) is 10.5. The molecule has 0 unspecified atom stereocenters. The highest BCUT2D eigenvalue weighted by Gasteiger charge is 2.06. The van der Waals surface area contributed by atoms with Gasteiger partial charge in [-0.3, -0.25) is 0 Å². The van der Waals surface area contributed by atoms with E-state index in [-0.39, 0.29) is 5.02 Å². The summed E-state index contributed by atoms with van der Waals surface area (Å²) in [5.74, 6) is -0.472. The van der Waals surface area contributed by atoms with Crippen molar-refractivity contribution in [3.8, 4) is 0 Å². The maximum atomic E-state index is 12.8. The highest BCUT2D eigenvalue weighted by atomic mass is 35.5. The topological polar surface area (TPSA) is 12.0 Å². The minimum atomic E-state index is -0.472. The van der Waals surface area contributed by atoms with Gasteiger partial charge in [0.05, 0.1) is 5.02 Å². The van der Waals surface area contributed by atoms with E-state index in [4.69, 9.17) is 23.2 Å². The van der Waals surface area contributed by atoms with Crippen LogP contribution in [0.3, 0.4) is 0 Å². The fourth-order valence-corrected chi connectivity index (χ4v) is 1.45. The third-order valence-electron chi connectivity index (χ3n) is 1.73. The maximum Gasteiger partial charge on any atom is 0.143 e. The molecular weight excluding hydrogens is 212 g/mol. The molecule has 0 saturated heterocycles. The monoisotopic (exact) mass is 221 g/mol. The van der Waals surface area contributed by atoms with Crippen LogP contribution in [0.5, 0.6) is 0 Å². The number of halogens is 3. The highest BCUT2D eigenvalue weighted by molar-refractivity contribution is 6.33. The molecule has 0 aliphatic carbocycles. The quantitative estimate of drug-likeness (QED) is 0.775. The molecule has 0 aliphatic rings. The summed E-state index contributed by atoms with van der Waals surface area (Å²) >= 11 is 11.4. The number of benzene rings is 1. The summed E-state index contributed by atoms with van der Waals surface area (Å²) in [4.78, 5) is 0. The van der Waals surface area contributed by atoms with Gasteiger partial charge in [0.15, 0.2) is 0 Å². The zero-order valence-corrected chi connectivity index (χ0v) is 8.71. The Morgan fingerprint density at radius 1 is 1.31 bits per heavy atom. The van der Waals surface area contributed by atoms with Gasteiger partial charge in [-0.05, 0) is 37.7 Å². The molecule has 13 heavy (non-hydrogen) atoms. The average Bonchev–Trinajstić information content (AvgIpc) is 2.09. The van der Waals surface area contributed by atoms with Crippen molar-refractivity contribution in [1.29, 1.82) is 0 Å². The van der Waals surface area contributed by atoms with Gasteiger partial charge in [-0.25, -0.2) is 4.39 Å². The van der Waals surface area contributed by atoms with Crippen LogP contribution in [0.15, 0.2) is 12.1 Å². The second-order valence-electron chi connectivity index (χ2n) is 2.71. The largest absolute Gasteiger partial charge is 0.319 e. The zero-order valence-electron chi connectivity index (χ0n) is 7.20. The first kappa shape index (κ1) is 10.8. The third-order valence-corrected chi connectivity index (χ3v) is 2.38. The summed E-state index contributed by atoms with van der Waals surface area (Å²) in [5.41, 5.74) is 0.863. The number of rotatable bonds is 3. The molecule has 1 aromatic carbocycles. The number of nitrogens with one attached hydrogen (secondary N) is 1. The summed E-state index contributed by atoms with van der Waals surface area (Å²) in [6, 6.07) is 2.81. The van der Waals surface area contributed by atoms with Crippen molar-refractivity contribution in [2.45, 2.75) is 6.42 Å². The molecule has 1 N–H and O–H groups in total. The summed E-state index contributed by atoms with van der Waals surface area (Å²) in [6.45, 7) is 0.793. The molecule has 1 nitrogen and oxygen atoms in total. The van der Waals surface area contributed by atoms with Crippen molar-refractivity contribution in [2.24, 2.45) is 0 Å². The van der Waals surface area contributed by atoms with Crippen molar-refractivity contribution in [3.63, 3.8) is 0 Å². The van der Waals surface area contributed by atoms with Crippen LogP contribution in [-0.2, 0) is 6.42 Å². The number of likely N-dealkylation sites (N-methyl/N-ethyl adjacent to an activating group) is 1. The van der Waals surface area contributed by atoms with E-state index in [1.165, 1.54) is 6.07 Å². The van der Waals surface area contributed by atoms with Crippen LogP contribution in [0.25, 0.3) is 0 Å². The maximum absolute atomic E-state index is 12.8. The van der Waals surface area contributed by atoms with Gasteiger partial charge in [0.1, 0.15) is 5.82 Å². The summed E-state index contributed by atoms with van der Waals surface area (Å²) in [6.07, 6.45) is 0.745. The van der Waals surface area contributed by atoms with Crippen LogP contribution in [0.4, 0.5) is 4.39 Å². The standard InChI is InChI=1S/C9H10Cl2FN/c1-13-3-2-6-4-8(11)9(12)5-7(6)10/h4-5,13H,2-3H2,1H3.